The zero-order chi connectivity index (χ0) is 23.5. The van der Waals surface area contributed by atoms with E-state index in [0.29, 0.717) is 22.7 Å². The van der Waals surface area contributed by atoms with Gasteiger partial charge in [0.05, 0.1) is 0 Å². The van der Waals surface area contributed by atoms with Gasteiger partial charge in [0, 0.05) is 40.9 Å². The van der Waals surface area contributed by atoms with E-state index in [2.05, 4.69) is 35.2 Å². The van der Waals surface area contributed by atoms with E-state index in [9.17, 15) is 9.18 Å². The summed E-state index contributed by atoms with van der Waals surface area (Å²) in [4.78, 5) is 18.3. The molecule has 0 aromatic heterocycles. The van der Waals surface area contributed by atoms with E-state index in [0.717, 1.165) is 44.3 Å². The van der Waals surface area contributed by atoms with Gasteiger partial charge in [0.15, 0.2) is 0 Å². The van der Waals surface area contributed by atoms with E-state index < -0.39 is 0 Å². The molecule has 3 atom stereocenters. The molecule has 2 aliphatic heterocycles. The molecule has 0 radical (unpaired) electrons. The molecule has 2 fully saturated rings. The molecule has 3 aromatic rings. The fourth-order valence-electron chi connectivity index (χ4n) is 5.76. The number of rotatable bonds is 6. The number of hydrogen-bond donors (Lipinski definition) is 0. The Labute approximate surface area is 206 Å². The molecule has 5 rings (SSSR count). The number of amides is 1. The molecule has 1 amide bonds. The zero-order valence-electron chi connectivity index (χ0n) is 19.2. The van der Waals surface area contributed by atoms with Crippen LogP contribution >= 0.6 is 11.6 Å². The average molecular weight is 477 g/mol. The number of halogens is 2. The summed E-state index contributed by atoms with van der Waals surface area (Å²) in [6.07, 6.45) is 6.47. The Balaban J connectivity index is 1.39. The van der Waals surface area contributed by atoms with Crippen LogP contribution in [0, 0.1) is 5.82 Å². The SMILES string of the molecule is O=C(c1ccc(Cl)cc1)N(c1ccc(F)cc1)C1C[C@H]2CCC[C@@H](C1)N2CCc1ccccc1. The minimum absolute atomic E-state index is 0.0518. The Morgan fingerprint density at radius 3 is 2.21 bits per heavy atom. The Morgan fingerprint density at radius 2 is 1.56 bits per heavy atom. The summed E-state index contributed by atoms with van der Waals surface area (Å²) in [6, 6.07) is 25.0. The monoisotopic (exact) mass is 476 g/mol. The van der Waals surface area contributed by atoms with Crippen molar-refractivity contribution in [1.29, 1.82) is 0 Å². The van der Waals surface area contributed by atoms with Crippen molar-refractivity contribution >= 4 is 23.2 Å². The van der Waals surface area contributed by atoms with Crippen molar-refractivity contribution in [2.24, 2.45) is 0 Å². The molecule has 3 aromatic carbocycles. The Bertz CT molecular complexity index is 1090. The summed E-state index contributed by atoms with van der Waals surface area (Å²) in [6.45, 7) is 1.05. The highest BCUT2D eigenvalue weighted by atomic mass is 35.5. The van der Waals surface area contributed by atoms with Crippen molar-refractivity contribution < 1.29 is 9.18 Å². The van der Waals surface area contributed by atoms with Crippen LogP contribution in [-0.4, -0.2) is 35.5 Å². The maximum atomic E-state index is 13.7. The van der Waals surface area contributed by atoms with Crippen molar-refractivity contribution in [2.75, 3.05) is 11.4 Å². The largest absolute Gasteiger partial charge is 0.305 e. The summed E-state index contributed by atoms with van der Waals surface area (Å²) in [5.41, 5.74) is 2.72. The second-order valence-electron chi connectivity index (χ2n) is 9.50. The second-order valence-corrected chi connectivity index (χ2v) is 9.93. The van der Waals surface area contributed by atoms with Crippen molar-refractivity contribution in [1.82, 2.24) is 4.90 Å². The quantitative estimate of drug-likeness (QED) is 0.392. The number of carbonyl (C=O) groups is 1. The summed E-state index contributed by atoms with van der Waals surface area (Å²) < 4.78 is 13.7. The number of carbonyl (C=O) groups excluding carboxylic acids is 1. The van der Waals surface area contributed by atoms with Crippen LogP contribution in [0.2, 0.25) is 5.02 Å². The second kappa shape index (κ2) is 10.3. The van der Waals surface area contributed by atoms with Crippen LogP contribution in [0.25, 0.3) is 0 Å². The lowest BCUT2D eigenvalue weighted by atomic mass is 9.80. The van der Waals surface area contributed by atoms with Gasteiger partial charge in [-0.05, 0) is 86.2 Å². The Kier molecular flexibility index (Phi) is 6.98. The summed E-state index contributed by atoms with van der Waals surface area (Å²) in [5, 5.41) is 0.603. The van der Waals surface area contributed by atoms with Gasteiger partial charge in [-0.1, -0.05) is 48.4 Å². The number of nitrogens with zero attached hydrogens (tertiary/aromatic N) is 2. The van der Waals surface area contributed by atoms with E-state index in [1.165, 1.54) is 24.1 Å². The molecule has 0 spiro atoms. The number of fused-ring (bicyclic) bond motifs is 2. The standard InChI is InChI=1S/C29H30ClFN2O/c30-23-11-9-22(10-12-23)29(34)33(25-15-13-24(31)14-16-25)28-19-26-7-4-8-27(20-28)32(26)18-17-21-5-2-1-3-6-21/h1-3,5-6,9-16,26-28H,4,7-8,17-20H2/t26-,27+,28?. The highest BCUT2D eigenvalue weighted by Crippen LogP contribution is 2.38. The molecule has 3 nitrogen and oxygen atoms in total. The molecule has 1 unspecified atom stereocenters. The van der Waals surface area contributed by atoms with Crippen LogP contribution in [0.1, 0.15) is 48.0 Å². The Morgan fingerprint density at radius 1 is 0.912 bits per heavy atom. The highest BCUT2D eigenvalue weighted by molar-refractivity contribution is 6.30. The van der Waals surface area contributed by atoms with Gasteiger partial charge in [-0.25, -0.2) is 4.39 Å². The molecule has 2 aliphatic rings. The smallest absolute Gasteiger partial charge is 0.258 e. The van der Waals surface area contributed by atoms with Gasteiger partial charge in [-0.3, -0.25) is 9.69 Å². The molecule has 2 saturated heterocycles. The summed E-state index contributed by atoms with van der Waals surface area (Å²) in [5.74, 6) is -0.348. The van der Waals surface area contributed by atoms with E-state index in [-0.39, 0.29) is 17.8 Å². The van der Waals surface area contributed by atoms with Crippen molar-refractivity contribution in [2.45, 2.75) is 56.7 Å². The van der Waals surface area contributed by atoms with Gasteiger partial charge in [0.1, 0.15) is 5.82 Å². The molecule has 0 aliphatic carbocycles. The number of benzene rings is 3. The summed E-state index contributed by atoms with van der Waals surface area (Å²) in [7, 11) is 0. The fraction of sp³-hybridized carbons (Fsp3) is 0.345. The van der Waals surface area contributed by atoms with E-state index in [1.807, 2.05) is 4.90 Å². The van der Waals surface area contributed by atoms with Gasteiger partial charge in [0.25, 0.3) is 5.91 Å². The predicted octanol–water partition coefficient (Wildman–Crippen LogP) is 6.75. The molecular weight excluding hydrogens is 447 g/mol. The van der Waals surface area contributed by atoms with Gasteiger partial charge >= 0.3 is 0 Å². The topological polar surface area (TPSA) is 23.6 Å². The number of piperidine rings is 2. The van der Waals surface area contributed by atoms with E-state index >= 15 is 0 Å². The van der Waals surface area contributed by atoms with Crippen LogP contribution in [0.5, 0.6) is 0 Å². The van der Waals surface area contributed by atoms with Gasteiger partial charge in [-0.15, -0.1) is 0 Å². The lowest BCUT2D eigenvalue weighted by Crippen LogP contribution is -2.58. The third kappa shape index (κ3) is 5.03. The fourth-order valence-corrected chi connectivity index (χ4v) is 5.88. The zero-order valence-corrected chi connectivity index (χ0v) is 20.0. The third-order valence-electron chi connectivity index (χ3n) is 7.38. The molecule has 176 valence electrons. The van der Waals surface area contributed by atoms with Crippen LogP contribution in [0.3, 0.4) is 0 Å². The highest BCUT2D eigenvalue weighted by Gasteiger charge is 2.41. The van der Waals surface area contributed by atoms with E-state index in [4.69, 9.17) is 11.6 Å². The maximum absolute atomic E-state index is 13.7. The maximum Gasteiger partial charge on any atom is 0.258 e. The molecule has 2 heterocycles. The number of hydrogen-bond acceptors (Lipinski definition) is 2. The minimum atomic E-state index is -0.296. The molecule has 0 N–H and O–H groups in total. The molecule has 0 saturated carbocycles. The molecular formula is C29H30ClFN2O. The molecule has 34 heavy (non-hydrogen) atoms. The molecule has 5 heteroatoms. The first-order chi connectivity index (χ1) is 16.6. The lowest BCUT2D eigenvalue weighted by Gasteiger charge is -2.51. The first kappa shape index (κ1) is 23.1. The van der Waals surface area contributed by atoms with Gasteiger partial charge < -0.3 is 4.90 Å². The number of anilines is 1. The first-order valence-corrected chi connectivity index (χ1v) is 12.6. The van der Waals surface area contributed by atoms with Crippen LogP contribution in [0.4, 0.5) is 10.1 Å². The van der Waals surface area contributed by atoms with E-state index in [1.54, 1.807) is 36.4 Å². The van der Waals surface area contributed by atoms with Gasteiger partial charge in [-0.2, -0.15) is 0 Å². The normalized spacial score (nSPS) is 22.4. The van der Waals surface area contributed by atoms with Crippen LogP contribution in [0.15, 0.2) is 78.9 Å². The minimum Gasteiger partial charge on any atom is -0.305 e. The predicted molar refractivity (Wildman–Crippen MR) is 136 cm³/mol. The van der Waals surface area contributed by atoms with Crippen LogP contribution < -0.4 is 4.90 Å². The van der Waals surface area contributed by atoms with Crippen molar-refractivity contribution in [3.05, 3.63) is 101 Å². The third-order valence-corrected chi connectivity index (χ3v) is 7.63. The van der Waals surface area contributed by atoms with Crippen LogP contribution in [-0.2, 0) is 6.42 Å². The first-order valence-electron chi connectivity index (χ1n) is 12.2. The average Bonchev–Trinajstić information content (AvgIpc) is 2.85. The summed E-state index contributed by atoms with van der Waals surface area (Å²) >= 11 is 6.06. The lowest BCUT2D eigenvalue weighted by molar-refractivity contribution is 0.0306. The van der Waals surface area contributed by atoms with Gasteiger partial charge in [0.2, 0.25) is 0 Å². The molecule has 2 bridgehead atoms. The Hall–Kier alpha value is -2.69. The van der Waals surface area contributed by atoms with Crippen molar-refractivity contribution in [3.63, 3.8) is 0 Å². The van der Waals surface area contributed by atoms with Crippen molar-refractivity contribution in [3.8, 4) is 0 Å².